The minimum atomic E-state index is -1.13. The summed E-state index contributed by atoms with van der Waals surface area (Å²) in [7, 11) is -1.13. The van der Waals surface area contributed by atoms with Crippen LogP contribution in [0.4, 0.5) is 4.39 Å². The third kappa shape index (κ3) is 3.29. The monoisotopic (exact) mass is 276 g/mol. The predicted octanol–water partition coefficient (Wildman–Crippen LogP) is 4.14. The fraction of sp³-hybridized carbons (Fsp3) is 0.250. The molecule has 0 saturated carbocycles. The summed E-state index contributed by atoms with van der Waals surface area (Å²) in [5, 5.41) is -0.305. The van der Waals surface area contributed by atoms with Gasteiger partial charge in [0.2, 0.25) is 0 Å². The van der Waals surface area contributed by atoms with Crippen molar-refractivity contribution in [2.45, 2.75) is 24.9 Å². The molecule has 19 heavy (non-hydrogen) atoms. The maximum absolute atomic E-state index is 13.7. The highest BCUT2D eigenvalue weighted by Gasteiger charge is 2.17. The Morgan fingerprint density at radius 3 is 2.42 bits per heavy atom. The zero-order valence-corrected chi connectivity index (χ0v) is 11.9. The van der Waals surface area contributed by atoms with E-state index in [0.717, 1.165) is 11.1 Å². The Kier molecular flexibility index (Phi) is 4.48. The van der Waals surface area contributed by atoms with Gasteiger partial charge in [0.1, 0.15) is 5.82 Å². The summed E-state index contributed by atoms with van der Waals surface area (Å²) in [6.07, 6.45) is 0. The van der Waals surface area contributed by atoms with Crippen LogP contribution >= 0.6 is 0 Å². The molecule has 0 amide bonds. The van der Waals surface area contributed by atoms with Crippen LogP contribution in [0.3, 0.4) is 0 Å². The van der Waals surface area contributed by atoms with Crippen molar-refractivity contribution in [3.05, 3.63) is 71.0 Å². The normalized spacial score (nSPS) is 14.1. The van der Waals surface area contributed by atoms with E-state index >= 15 is 0 Å². The van der Waals surface area contributed by atoms with Crippen molar-refractivity contribution >= 4 is 10.8 Å². The number of halogens is 1. The van der Waals surface area contributed by atoms with Crippen LogP contribution in [0.25, 0.3) is 0 Å². The number of rotatable bonds is 4. The maximum atomic E-state index is 13.7. The van der Waals surface area contributed by atoms with Gasteiger partial charge in [-0.25, -0.2) is 4.39 Å². The molecule has 2 aromatic rings. The van der Waals surface area contributed by atoms with Gasteiger partial charge >= 0.3 is 0 Å². The van der Waals surface area contributed by atoms with E-state index in [1.54, 1.807) is 18.2 Å². The van der Waals surface area contributed by atoms with Crippen LogP contribution in [-0.2, 0) is 16.6 Å². The Morgan fingerprint density at radius 1 is 1.11 bits per heavy atom. The Bertz CT molecular complexity index is 595. The molecule has 0 bridgehead atoms. The second-order valence-electron chi connectivity index (χ2n) is 4.62. The third-order valence-corrected chi connectivity index (χ3v) is 4.93. The lowest BCUT2D eigenvalue weighted by molar-refractivity contribution is 0.606. The van der Waals surface area contributed by atoms with Crippen molar-refractivity contribution in [3.8, 4) is 0 Å². The van der Waals surface area contributed by atoms with Crippen molar-refractivity contribution in [2.24, 2.45) is 0 Å². The number of benzene rings is 2. The zero-order chi connectivity index (χ0) is 13.8. The number of aryl methyl sites for hydroxylation is 1. The first-order valence-corrected chi connectivity index (χ1v) is 7.64. The van der Waals surface area contributed by atoms with Gasteiger partial charge in [0.05, 0.1) is 5.25 Å². The quantitative estimate of drug-likeness (QED) is 0.820. The van der Waals surface area contributed by atoms with Gasteiger partial charge in [-0.1, -0.05) is 42.5 Å². The van der Waals surface area contributed by atoms with E-state index in [9.17, 15) is 8.60 Å². The van der Waals surface area contributed by atoms with Gasteiger partial charge < -0.3 is 0 Å². The molecular weight excluding hydrogens is 259 g/mol. The van der Waals surface area contributed by atoms with Crippen molar-refractivity contribution in [3.63, 3.8) is 0 Å². The smallest absolute Gasteiger partial charge is 0.127 e. The molecule has 0 saturated heterocycles. The van der Waals surface area contributed by atoms with Crippen molar-refractivity contribution < 1.29 is 8.60 Å². The average molecular weight is 276 g/mol. The summed E-state index contributed by atoms with van der Waals surface area (Å²) < 4.78 is 26.0. The summed E-state index contributed by atoms with van der Waals surface area (Å²) in [6, 6.07) is 14.4. The molecule has 0 aliphatic heterocycles. The molecule has 0 fully saturated rings. The fourth-order valence-electron chi connectivity index (χ4n) is 2.00. The van der Waals surface area contributed by atoms with Crippen LogP contribution in [0, 0.1) is 12.7 Å². The molecule has 0 heterocycles. The predicted molar refractivity (Wildman–Crippen MR) is 77.8 cm³/mol. The van der Waals surface area contributed by atoms with Gasteiger partial charge in [0.15, 0.2) is 0 Å². The van der Waals surface area contributed by atoms with Crippen LogP contribution in [0.15, 0.2) is 48.5 Å². The molecule has 0 aromatic heterocycles. The lowest BCUT2D eigenvalue weighted by Crippen LogP contribution is -2.08. The molecule has 100 valence electrons. The van der Waals surface area contributed by atoms with Crippen molar-refractivity contribution in [2.75, 3.05) is 0 Å². The fourth-order valence-corrected chi connectivity index (χ4v) is 3.35. The van der Waals surface area contributed by atoms with Gasteiger partial charge in [0.25, 0.3) is 0 Å². The van der Waals surface area contributed by atoms with E-state index in [0.29, 0.717) is 11.3 Å². The second kappa shape index (κ2) is 6.11. The average Bonchev–Trinajstić information content (AvgIpc) is 2.41. The Morgan fingerprint density at radius 2 is 1.74 bits per heavy atom. The first kappa shape index (κ1) is 13.9. The van der Waals surface area contributed by atoms with Crippen molar-refractivity contribution in [1.29, 1.82) is 0 Å². The number of hydrogen-bond donors (Lipinski definition) is 0. The highest BCUT2D eigenvalue weighted by atomic mass is 32.2. The minimum absolute atomic E-state index is 0.284. The standard InChI is InChI=1S/C16H17FOS/c1-12-7-3-4-8-14(12)11-19(18)13(2)15-9-5-6-10-16(15)17/h3-10,13H,11H2,1-2H3/t13-,19-/m0/s1. The molecule has 3 heteroatoms. The molecule has 0 unspecified atom stereocenters. The molecule has 0 aliphatic carbocycles. The Balaban J connectivity index is 2.17. The molecule has 0 spiro atoms. The molecular formula is C16H17FOS. The highest BCUT2D eigenvalue weighted by molar-refractivity contribution is 7.84. The molecule has 0 aliphatic rings. The number of hydrogen-bond acceptors (Lipinski definition) is 1. The Labute approximate surface area is 115 Å². The SMILES string of the molecule is Cc1ccccc1C[S@](=O)[C@@H](C)c1ccccc1F. The van der Waals surface area contributed by atoms with Crippen LogP contribution in [0.5, 0.6) is 0 Å². The lowest BCUT2D eigenvalue weighted by Gasteiger charge is -2.13. The molecule has 2 aromatic carbocycles. The molecule has 2 rings (SSSR count). The largest absolute Gasteiger partial charge is 0.259 e. The first-order valence-electron chi connectivity index (χ1n) is 6.25. The van der Waals surface area contributed by atoms with Gasteiger partial charge in [-0.3, -0.25) is 4.21 Å². The zero-order valence-electron chi connectivity index (χ0n) is 11.1. The molecule has 0 N–H and O–H groups in total. The summed E-state index contributed by atoms with van der Waals surface area (Å²) in [5.41, 5.74) is 2.70. The van der Waals surface area contributed by atoms with E-state index in [2.05, 4.69) is 0 Å². The van der Waals surface area contributed by atoms with E-state index in [1.165, 1.54) is 6.07 Å². The van der Waals surface area contributed by atoms with Crippen LogP contribution in [-0.4, -0.2) is 4.21 Å². The Hall–Kier alpha value is -1.48. The second-order valence-corrected chi connectivity index (χ2v) is 6.37. The van der Waals surface area contributed by atoms with E-state index in [1.807, 2.05) is 38.1 Å². The van der Waals surface area contributed by atoms with E-state index < -0.39 is 10.8 Å². The lowest BCUT2D eigenvalue weighted by atomic mass is 10.1. The third-order valence-electron chi connectivity index (χ3n) is 3.30. The molecule has 1 nitrogen and oxygen atoms in total. The van der Waals surface area contributed by atoms with Gasteiger partial charge in [-0.2, -0.15) is 0 Å². The topological polar surface area (TPSA) is 17.1 Å². The molecule has 2 atom stereocenters. The van der Waals surface area contributed by atoms with Crippen LogP contribution in [0.1, 0.15) is 28.9 Å². The first-order chi connectivity index (χ1) is 9.09. The summed E-state index contributed by atoms with van der Waals surface area (Å²) in [5.74, 6) is 0.176. The van der Waals surface area contributed by atoms with Gasteiger partial charge in [-0.15, -0.1) is 0 Å². The van der Waals surface area contributed by atoms with Gasteiger partial charge in [-0.05, 0) is 31.0 Å². The van der Waals surface area contributed by atoms with E-state index in [4.69, 9.17) is 0 Å². The van der Waals surface area contributed by atoms with Crippen molar-refractivity contribution in [1.82, 2.24) is 0 Å². The summed E-state index contributed by atoms with van der Waals surface area (Å²) >= 11 is 0. The molecule has 0 radical (unpaired) electrons. The van der Waals surface area contributed by atoms with E-state index in [-0.39, 0.29) is 11.1 Å². The maximum Gasteiger partial charge on any atom is 0.127 e. The minimum Gasteiger partial charge on any atom is -0.259 e. The summed E-state index contributed by atoms with van der Waals surface area (Å²) in [4.78, 5) is 0. The van der Waals surface area contributed by atoms with Crippen LogP contribution in [0.2, 0.25) is 0 Å². The van der Waals surface area contributed by atoms with Gasteiger partial charge in [0, 0.05) is 22.1 Å². The highest BCUT2D eigenvalue weighted by Crippen LogP contribution is 2.24. The summed E-state index contributed by atoms with van der Waals surface area (Å²) in [6.45, 7) is 3.81. The van der Waals surface area contributed by atoms with Crippen LogP contribution < -0.4 is 0 Å².